The summed E-state index contributed by atoms with van der Waals surface area (Å²) in [5, 5.41) is 17.8. The van der Waals surface area contributed by atoms with Crippen LogP contribution >= 0.6 is 36.9 Å². The zero-order valence-corrected chi connectivity index (χ0v) is 10.4. The maximum atomic E-state index is 8.89. The van der Waals surface area contributed by atoms with Gasteiger partial charge in [0.1, 0.15) is 4.21 Å². The number of nitriles is 2. The van der Waals surface area contributed by atoms with Gasteiger partial charge in [0.15, 0.2) is 5.41 Å². The molecular weight excluding hydrogens is 248 g/mol. The zero-order chi connectivity index (χ0) is 12.1. The number of hydrogen-bond donors (Lipinski definition) is 2. The second-order valence-corrected chi connectivity index (χ2v) is 4.91. The highest BCUT2D eigenvalue weighted by Crippen LogP contribution is 2.32. The summed E-state index contributed by atoms with van der Waals surface area (Å²) >= 11 is 13.8. The van der Waals surface area contributed by atoms with Crippen LogP contribution in [0.5, 0.6) is 0 Å². The average molecular weight is 257 g/mol. The number of halogens is 1. The van der Waals surface area contributed by atoms with Gasteiger partial charge < -0.3 is 0 Å². The third kappa shape index (κ3) is 3.68. The van der Waals surface area contributed by atoms with Crippen molar-refractivity contribution in [2.24, 2.45) is 5.41 Å². The Hall–Kier alpha value is -0.810. The molecule has 0 saturated heterocycles. The number of allylic oxidation sites excluding steroid dienone is 2. The molecule has 0 aromatic heterocycles. The summed E-state index contributed by atoms with van der Waals surface area (Å²) in [5.74, 6) is 0. The van der Waals surface area contributed by atoms with Gasteiger partial charge in [-0.15, -0.1) is 31.8 Å². The SMILES string of the molecule is C=CC(S)(Cl)/C=C/C(C#N)(C#N)C(=C)S. The quantitative estimate of drug-likeness (QED) is 0.461. The Morgan fingerprint density at radius 3 is 2.07 bits per heavy atom. The van der Waals surface area contributed by atoms with Crippen LogP contribution in [0.15, 0.2) is 36.3 Å². The minimum absolute atomic E-state index is 0.133. The van der Waals surface area contributed by atoms with Crippen molar-refractivity contribution in [3.63, 3.8) is 0 Å². The summed E-state index contributed by atoms with van der Waals surface area (Å²) in [5.41, 5.74) is -1.49. The molecule has 2 nitrogen and oxygen atoms in total. The largest absolute Gasteiger partial charge is 0.196 e. The fourth-order valence-corrected chi connectivity index (χ4v) is 0.947. The molecule has 0 aromatic carbocycles. The second-order valence-electron chi connectivity index (χ2n) is 2.74. The molecule has 15 heavy (non-hydrogen) atoms. The van der Waals surface area contributed by atoms with E-state index in [4.69, 9.17) is 22.1 Å². The maximum absolute atomic E-state index is 8.89. The first-order valence-corrected chi connectivity index (χ1v) is 5.07. The summed E-state index contributed by atoms with van der Waals surface area (Å²) < 4.78 is -1.10. The van der Waals surface area contributed by atoms with Gasteiger partial charge in [-0.25, -0.2) is 0 Å². The van der Waals surface area contributed by atoms with Crippen molar-refractivity contribution in [3.05, 3.63) is 36.3 Å². The molecule has 0 aliphatic rings. The summed E-state index contributed by atoms with van der Waals surface area (Å²) in [7, 11) is 0. The molecule has 0 rings (SSSR count). The molecular formula is C10H9ClN2S2. The van der Waals surface area contributed by atoms with Crippen LogP contribution in [0.3, 0.4) is 0 Å². The van der Waals surface area contributed by atoms with Gasteiger partial charge in [-0.05, 0) is 6.08 Å². The van der Waals surface area contributed by atoms with Gasteiger partial charge in [-0.3, -0.25) is 0 Å². The fourth-order valence-electron chi connectivity index (χ4n) is 0.635. The van der Waals surface area contributed by atoms with Crippen molar-refractivity contribution >= 4 is 36.9 Å². The van der Waals surface area contributed by atoms with E-state index in [1.807, 2.05) is 12.1 Å². The molecule has 0 aliphatic heterocycles. The molecule has 0 aliphatic carbocycles. The monoisotopic (exact) mass is 256 g/mol. The lowest BCUT2D eigenvalue weighted by Gasteiger charge is -2.15. The Balaban J connectivity index is 5.23. The first-order chi connectivity index (χ1) is 6.83. The van der Waals surface area contributed by atoms with Crippen LogP contribution in [-0.4, -0.2) is 4.21 Å². The molecule has 0 saturated carbocycles. The third-order valence-corrected chi connectivity index (χ3v) is 2.63. The van der Waals surface area contributed by atoms with Crippen molar-refractivity contribution in [2.75, 3.05) is 0 Å². The molecule has 0 spiro atoms. The Labute approximate surface area is 105 Å². The molecule has 0 N–H and O–H groups in total. The van der Waals surface area contributed by atoms with E-state index in [9.17, 15) is 0 Å². The first kappa shape index (κ1) is 14.2. The standard InChI is InChI=1S/C10H9ClN2S2/c1-3-10(11,15)5-4-9(6-12,7-13)8(2)14/h3-5,14-15H,1-2H2/b5-4+. The summed E-state index contributed by atoms with van der Waals surface area (Å²) in [6.45, 7) is 6.93. The van der Waals surface area contributed by atoms with Crippen LogP contribution in [0.2, 0.25) is 0 Å². The van der Waals surface area contributed by atoms with E-state index < -0.39 is 9.62 Å². The van der Waals surface area contributed by atoms with Gasteiger partial charge in [-0.2, -0.15) is 10.5 Å². The van der Waals surface area contributed by atoms with E-state index >= 15 is 0 Å². The van der Waals surface area contributed by atoms with Crippen molar-refractivity contribution < 1.29 is 0 Å². The Kier molecular flexibility index (Phi) is 5.03. The van der Waals surface area contributed by atoms with E-state index in [0.717, 1.165) is 0 Å². The average Bonchev–Trinajstić information content (AvgIpc) is 2.20. The lowest BCUT2D eigenvalue weighted by atomic mass is 9.91. The number of hydrogen-bond acceptors (Lipinski definition) is 4. The van der Waals surface area contributed by atoms with Crippen molar-refractivity contribution in [1.29, 1.82) is 10.5 Å². The van der Waals surface area contributed by atoms with Crippen LogP contribution in [-0.2, 0) is 0 Å². The number of rotatable bonds is 4. The lowest BCUT2D eigenvalue weighted by molar-refractivity contribution is 0.841. The molecule has 78 valence electrons. The van der Waals surface area contributed by atoms with Gasteiger partial charge >= 0.3 is 0 Å². The predicted molar refractivity (Wildman–Crippen MR) is 68.7 cm³/mol. The Bertz CT molecular complexity index is 371. The second kappa shape index (κ2) is 5.32. The highest BCUT2D eigenvalue weighted by molar-refractivity contribution is 7.84. The Morgan fingerprint density at radius 1 is 1.33 bits per heavy atom. The smallest absolute Gasteiger partial charge is 0.191 e. The molecule has 0 heterocycles. The van der Waals surface area contributed by atoms with E-state index in [2.05, 4.69) is 38.4 Å². The van der Waals surface area contributed by atoms with Gasteiger partial charge in [0.05, 0.1) is 12.1 Å². The molecule has 1 atom stereocenters. The summed E-state index contributed by atoms with van der Waals surface area (Å²) in [4.78, 5) is 0.133. The lowest BCUT2D eigenvalue weighted by Crippen LogP contribution is -2.14. The van der Waals surface area contributed by atoms with E-state index in [1.54, 1.807) is 0 Å². The molecule has 1 unspecified atom stereocenters. The molecule has 0 aromatic rings. The molecule has 0 radical (unpaired) electrons. The van der Waals surface area contributed by atoms with Gasteiger partial charge in [0.25, 0.3) is 0 Å². The van der Waals surface area contributed by atoms with Crippen molar-refractivity contribution in [2.45, 2.75) is 4.21 Å². The Morgan fingerprint density at radius 2 is 1.80 bits per heavy atom. The van der Waals surface area contributed by atoms with E-state index in [-0.39, 0.29) is 4.91 Å². The van der Waals surface area contributed by atoms with Crippen LogP contribution < -0.4 is 0 Å². The highest BCUT2D eigenvalue weighted by atomic mass is 35.5. The van der Waals surface area contributed by atoms with Gasteiger partial charge in [-0.1, -0.05) is 30.3 Å². The van der Waals surface area contributed by atoms with Crippen LogP contribution in [0.4, 0.5) is 0 Å². The minimum Gasteiger partial charge on any atom is -0.196 e. The molecule has 0 bridgehead atoms. The molecule has 0 fully saturated rings. The van der Waals surface area contributed by atoms with Crippen LogP contribution in [0.25, 0.3) is 0 Å². The van der Waals surface area contributed by atoms with Crippen LogP contribution in [0.1, 0.15) is 0 Å². The number of thiol groups is 2. The van der Waals surface area contributed by atoms with Gasteiger partial charge in [0, 0.05) is 4.91 Å². The zero-order valence-electron chi connectivity index (χ0n) is 7.81. The van der Waals surface area contributed by atoms with Crippen molar-refractivity contribution in [1.82, 2.24) is 0 Å². The van der Waals surface area contributed by atoms with Crippen LogP contribution in [0, 0.1) is 28.1 Å². The number of nitrogens with zero attached hydrogens (tertiary/aromatic N) is 2. The third-order valence-electron chi connectivity index (χ3n) is 1.66. The minimum atomic E-state index is -1.49. The predicted octanol–water partition coefficient (Wildman–Crippen LogP) is 3.07. The fraction of sp³-hybridized carbons (Fsp3) is 0.200. The topological polar surface area (TPSA) is 47.6 Å². The first-order valence-electron chi connectivity index (χ1n) is 3.79. The normalized spacial score (nSPS) is 15.0. The summed E-state index contributed by atoms with van der Waals surface area (Å²) in [6, 6.07) is 3.62. The maximum Gasteiger partial charge on any atom is 0.191 e. The number of alkyl halides is 1. The molecule has 5 heteroatoms. The van der Waals surface area contributed by atoms with Crippen molar-refractivity contribution in [3.8, 4) is 12.1 Å². The highest BCUT2D eigenvalue weighted by Gasteiger charge is 2.30. The summed E-state index contributed by atoms with van der Waals surface area (Å²) in [6.07, 6.45) is 4.07. The van der Waals surface area contributed by atoms with Gasteiger partial charge in [0.2, 0.25) is 0 Å². The van der Waals surface area contributed by atoms with E-state index in [1.165, 1.54) is 18.2 Å². The molecule has 0 amide bonds. The van der Waals surface area contributed by atoms with E-state index in [0.29, 0.717) is 0 Å².